The van der Waals surface area contributed by atoms with E-state index >= 15 is 0 Å². The van der Waals surface area contributed by atoms with Crippen LogP contribution in [-0.2, 0) is 21.7 Å². The number of nitrogens with zero attached hydrogens (tertiary/aromatic N) is 2. The van der Waals surface area contributed by atoms with E-state index < -0.39 is 37.3 Å². The second-order valence-corrected chi connectivity index (χ2v) is 7.07. The number of ether oxygens (including phenoxy) is 2. The smallest absolute Gasteiger partial charge is 0.391 e. The summed E-state index contributed by atoms with van der Waals surface area (Å²) < 4.78 is 71.3. The van der Waals surface area contributed by atoms with Gasteiger partial charge in [0.1, 0.15) is 5.75 Å². The van der Waals surface area contributed by atoms with E-state index in [0.29, 0.717) is 16.7 Å². The van der Waals surface area contributed by atoms with Gasteiger partial charge in [-0.15, -0.1) is 0 Å². The Morgan fingerprint density at radius 3 is 2.38 bits per heavy atom. The van der Waals surface area contributed by atoms with Gasteiger partial charge in [0.25, 0.3) is 5.91 Å². The minimum atomic E-state index is -4.32. The minimum absolute atomic E-state index is 0.0465. The van der Waals surface area contributed by atoms with Crippen molar-refractivity contribution in [1.29, 1.82) is 0 Å². The Bertz CT molecular complexity index is 995. The van der Waals surface area contributed by atoms with Crippen molar-refractivity contribution in [1.82, 2.24) is 4.90 Å². The van der Waals surface area contributed by atoms with Crippen LogP contribution in [0.3, 0.4) is 0 Å². The number of alkyl halides is 5. The van der Waals surface area contributed by atoms with E-state index in [1.165, 1.54) is 31.3 Å². The molecule has 2 N–H and O–H groups in total. The molecule has 3 rings (SSSR count). The Kier molecular flexibility index (Phi) is 6.68. The van der Waals surface area contributed by atoms with E-state index in [9.17, 15) is 26.7 Å². The second kappa shape index (κ2) is 9.11. The first kappa shape index (κ1) is 23.5. The summed E-state index contributed by atoms with van der Waals surface area (Å²) in [6.45, 7) is -3.61. The standard InChI is InChI=1S/C21H20F5N3O3/c1-29-17(30)21(28-19(29)27,14-5-7-16(8-6-14)32-18(22)23)15-4-2-3-13(11-15)12-31-10-9-20(24,25)26/h2-8,11,18H,9-10,12H2,1H3,(H2,27,28). The van der Waals surface area contributed by atoms with Crippen LogP contribution in [0.1, 0.15) is 23.1 Å². The topological polar surface area (TPSA) is 77.2 Å². The Hall–Kier alpha value is -3.21. The Morgan fingerprint density at radius 1 is 1.12 bits per heavy atom. The number of carbonyl (C=O) groups excluding carboxylic acids is 1. The van der Waals surface area contributed by atoms with Crippen molar-refractivity contribution < 1.29 is 36.2 Å². The second-order valence-electron chi connectivity index (χ2n) is 7.07. The number of benzene rings is 2. The molecule has 0 fully saturated rings. The third-order valence-electron chi connectivity index (χ3n) is 4.88. The maximum Gasteiger partial charge on any atom is 0.391 e. The Labute approximate surface area is 180 Å². The summed E-state index contributed by atoms with van der Waals surface area (Å²) in [5, 5.41) is 0. The third kappa shape index (κ3) is 4.98. The molecular formula is C21H20F5N3O3. The lowest BCUT2D eigenvalue weighted by molar-refractivity contribution is -0.146. The summed E-state index contributed by atoms with van der Waals surface area (Å²) >= 11 is 0. The predicted octanol–water partition coefficient (Wildman–Crippen LogP) is 3.79. The summed E-state index contributed by atoms with van der Waals surface area (Å²) in [5.74, 6) is -0.621. The minimum Gasteiger partial charge on any atom is -0.435 e. The molecule has 1 aliphatic rings. The summed E-state index contributed by atoms with van der Waals surface area (Å²) in [4.78, 5) is 18.7. The van der Waals surface area contributed by atoms with Gasteiger partial charge in [-0.1, -0.05) is 36.4 Å². The van der Waals surface area contributed by atoms with Crippen molar-refractivity contribution >= 4 is 11.9 Å². The molecule has 6 nitrogen and oxygen atoms in total. The van der Waals surface area contributed by atoms with E-state index in [0.717, 1.165) is 4.90 Å². The lowest BCUT2D eigenvalue weighted by atomic mass is 9.82. The summed E-state index contributed by atoms with van der Waals surface area (Å²) in [7, 11) is 1.45. The third-order valence-corrected chi connectivity index (χ3v) is 4.88. The number of nitrogens with two attached hydrogens (primary N) is 1. The number of aliphatic imine (C=N–C) groups is 1. The van der Waals surface area contributed by atoms with Crippen LogP contribution in [0, 0.1) is 0 Å². The normalized spacial score (nSPS) is 18.9. The Morgan fingerprint density at radius 2 is 1.81 bits per heavy atom. The van der Waals surface area contributed by atoms with Crippen LogP contribution in [0.25, 0.3) is 0 Å². The Balaban J connectivity index is 1.93. The average molecular weight is 457 g/mol. The van der Waals surface area contributed by atoms with Gasteiger partial charge in [0.05, 0.1) is 19.6 Å². The number of rotatable bonds is 8. The first-order valence-electron chi connectivity index (χ1n) is 9.45. The number of carbonyl (C=O) groups is 1. The van der Waals surface area contributed by atoms with Gasteiger partial charge in [0.2, 0.25) is 0 Å². The zero-order valence-electron chi connectivity index (χ0n) is 16.9. The molecule has 1 atom stereocenters. The van der Waals surface area contributed by atoms with Crippen molar-refractivity contribution in [2.45, 2.75) is 31.4 Å². The number of guanidine groups is 1. The van der Waals surface area contributed by atoms with Crippen LogP contribution in [0.15, 0.2) is 53.5 Å². The van der Waals surface area contributed by atoms with Crippen molar-refractivity contribution in [3.8, 4) is 5.75 Å². The summed E-state index contributed by atoms with van der Waals surface area (Å²) in [6.07, 6.45) is -5.40. The number of halogens is 5. The fraction of sp³-hybridized carbons (Fsp3) is 0.333. The van der Waals surface area contributed by atoms with Crippen molar-refractivity contribution in [3.05, 3.63) is 65.2 Å². The van der Waals surface area contributed by atoms with E-state index in [2.05, 4.69) is 9.73 Å². The molecule has 1 amide bonds. The molecule has 2 aromatic carbocycles. The molecule has 0 aromatic heterocycles. The molecule has 0 radical (unpaired) electrons. The first-order valence-corrected chi connectivity index (χ1v) is 9.45. The molecule has 0 bridgehead atoms. The van der Waals surface area contributed by atoms with Crippen LogP contribution in [0.2, 0.25) is 0 Å². The molecular weight excluding hydrogens is 437 g/mol. The van der Waals surface area contributed by atoms with E-state index in [4.69, 9.17) is 10.5 Å². The first-order chi connectivity index (χ1) is 15.0. The van der Waals surface area contributed by atoms with Gasteiger partial charge in [-0.25, -0.2) is 4.99 Å². The van der Waals surface area contributed by atoms with Crippen LogP contribution >= 0.6 is 0 Å². The van der Waals surface area contributed by atoms with Crippen molar-refractivity contribution in [2.24, 2.45) is 10.7 Å². The van der Waals surface area contributed by atoms with Crippen molar-refractivity contribution in [3.63, 3.8) is 0 Å². The average Bonchev–Trinajstić information content (AvgIpc) is 2.96. The highest BCUT2D eigenvalue weighted by Crippen LogP contribution is 2.40. The SMILES string of the molecule is CN1C(=O)C(c2ccc(OC(F)F)cc2)(c2cccc(COCCC(F)(F)F)c2)N=C1N. The molecule has 172 valence electrons. The quantitative estimate of drug-likeness (QED) is 0.484. The largest absolute Gasteiger partial charge is 0.435 e. The van der Waals surface area contributed by atoms with E-state index in [-0.39, 0.29) is 18.3 Å². The number of likely N-dealkylation sites (N-methyl/N-ethyl adjacent to an activating group) is 1. The zero-order valence-corrected chi connectivity index (χ0v) is 16.9. The van der Waals surface area contributed by atoms with E-state index in [1.54, 1.807) is 24.3 Å². The van der Waals surface area contributed by atoms with Gasteiger partial charge in [0, 0.05) is 7.05 Å². The highest BCUT2D eigenvalue weighted by molar-refractivity contribution is 6.08. The van der Waals surface area contributed by atoms with Gasteiger partial charge in [-0.05, 0) is 28.8 Å². The lowest BCUT2D eigenvalue weighted by Gasteiger charge is -2.26. The number of hydrogen-bond acceptors (Lipinski definition) is 5. The highest BCUT2D eigenvalue weighted by atomic mass is 19.4. The van der Waals surface area contributed by atoms with Gasteiger partial charge in [0.15, 0.2) is 11.5 Å². The van der Waals surface area contributed by atoms with Gasteiger partial charge >= 0.3 is 12.8 Å². The maximum absolute atomic E-state index is 13.2. The predicted molar refractivity (Wildman–Crippen MR) is 105 cm³/mol. The van der Waals surface area contributed by atoms with E-state index in [1.807, 2.05) is 0 Å². The fourth-order valence-electron chi connectivity index (χ4n) is 3.33. The molecule has 32 heavy (non-hydrogen) atoms. The number of hydrogen-bond donors (Lipinski definition) is 1. The van der Waals surface area contributed by atoms with Crippen LogP contribution in [0.5, 0.6) is 5.75 Å². The van der Waals surface area contributed by atoms with Gasteiger partial charge in [-0.2, -0.15) is 22.0 Å². The molecule has 0 saturated carbocycles. The van der Waals surface area contributed by atoms with Crippen LogP contribution in [-0.4, -0.2) is 43.2 Å². The highest BCUT2D eigenvalue weighted by Gasteiger charge is 2.49. The van der Waals surface area contributed by atoms with Crippen LogP contribution in [0.4, 0.5) is 22.0 Å². The molecule has 2 aromatic rings. The molecule has 1 unspecified atom stereocenters. The monoisotopic (exact) mass is 457 g/mol. The lowest BCUT2D eigenvalue weighted by Crippen LogP contribution is -2.41. The molecule has 1 heterocycles. The fourth-order valence-corrected chi connectivity index (χ4v) is 3.33. The summed E-state index contributed by atoms with van der Waals surface area (Å²) in [6, 6.07) is 11.9. The van der Waals surface area contributed by atoms with Crippen LogP contribution < -0.4 is 10.5 Å². The molecule has 0 spiro atoms. The van der Waals surface area contributed by atoms with Crippen molar-refractivity contribution in [2.75, 3.05) is 13.7 Å². The molecule has 1 aliphatic heterocycles. The maximum atomic E-state index is 13.2. The summed E-state index contributed by atoms with van der Waals surface area (Å²) in [5.41, 5.74) is 5.58. The molecule has 11 heteroatoms. The number of amides is 1. The molecule has 0 saturated heterocycles. The molecule has 0 aliphatic carbocycles. The van der Waals surface area contributed by atoms with Gasteiger partial charge < -0.3 is 15.2 Å². The van der Waals surface area contributed by atoms with Gasteiger partial charge in [-0.3, -0.25) is 9.69 Å². The zero-order chi connectivity index (χ0) is 23.5.